The van der Waals surface area contributed by atoms with Crippen molar-refractivity contribution in [2.75, 3.05) is 45.1 Å². The summed E-state index contributed by atoms with van der Waals surface area (Å²) in [6.07, 6.45) is 48.3. The van der Waals surface area contributed by atoms with E-state index in [2.05, 4.69) is 142 Å². The number of aromatic nitrogens is 7. The third-order valence-electron chi connectivity index (χ3n) is 12.3. The van der Waals surface area contributed by atoms with E-state index in [1.165, 1.54) is 132 Å². The number of nitrogens with zero attached hydrogens (tertiary/aromatic N) is 5. The summed E-state index contributed by atoms with van der Waals surface area (Å²) in [6, 6.07) is 28.4. The van der Waals surface area contributed by atoms with Gasteiger partial charge < -0.3 is 54.7 Å². The molecule has 17 nitrogen and oxygen atoms in total. The molecule has 0 radical (unpaired) electrons. The summed E-state index contributed by atoms with van der Waals surface area (Å²) in [5.74, 6) is 1.22. The average Bonchev–Trinajstić information content (AvgIpc) is 1.80. The van der Waals surface area contributed by atoms with Gasteiger partial charge in [-0.1, -0.05) is 323 Å². The third kappa shape index (κ3) is 109. The first-order valence-electron chi connectivity index (χ1n) is 45.0. The molecule has 0 amide bonds. The summed E-state index contributed by atoms with van der Waals surface area (Å²) in [5.41, 5.74) is 5.86. The molecule has 1 saturated carbocycles. The lowest BCUT2D eigenvalue weighted by Crippen LogP contribution is -2.44. The number of allylic oxidation sites excluding steroid dienone is 3. The molecule has 3 aliphatic carbocycles. The van der Waals surface area contributed by atoms with E-state index in [1.54, 1.807) is 61.5 Å². The number of rotatable bonds is 0. The van der Waals surface area contributed by atoms with E-state index in [1.807, 2.05) is 285 Å². The number of nitrogens with one attached hydrogen (secondary N) is 6. The van der Waals surface area contributed by atoms with Gasteiger partial charge in [0.25, 0.3) is 0 Å². The van der Waals surface area contributed by atoms with Crippen molar-refractivity contribution in [3.63, 3.8) is 0 Å². The summed E-state index contributed by atoms with van der Waals surface area (Å²) in [6.45, 7) is 62.1. The van der Waals surface area contributed by atoms with Crippen LogP contribution in [0.1, 0.15) is 300 Å². The standard InChI is InChI=1S/C9H8.C8H11N.C6H12.C6H6.C5H9N.C5H5N.C5H8O.C4H2F4O2.C4H4N2.C4H7NO.C4H7NS.C4H7N.C3H2F2O2.C2H3N3.14C2H6/c1-2-5-9-7-3-6-8(9)4-1;1-2-4-8-7(3-1)5-6-9-8;5*1-2-4-6-5-3-1;5-3(6)4(7,8)10-2-1-9-3;1-2-6-4-3-5-1;2*1-3-6-4-2-5-1;1-2-4-5-3-1;4-3(5)6-1-2-7-3;1-3-2-5-4-1;14*1-2/h1-6H,7H2;5-6,9H,1-4H2;1-6H2;1-6H;2,4,6H,1,3,5H2;1-5H;2,4H,1,3,5H2;1-2H;1-4H;2*1,3,5H,2,4H2;1,3,5H,2,4H2;1-2H;1-2H,(H,3,4,5);14*1-2H3. The highest BCUT2D eigenvalue weighted by atomic mass is 32.2. The molecule has 0 bridgehead atoms. The van der Waals surface area contributed by atoms with Gasteiger partial charge in [-0.2, -0.15) is 22.7 Å². The molecule has 121 heavy (non-hydrogen) atoms. The quantitative estimate of drug-likeness (QED) is 0.0784. The highest BCUT2D eigenvalue weighted by Crippen LogP contribution is 2.39. The number of H-pyrrole nitrogens is 2. The predicted molar refractivity (Wildman–Crippen MR) is 515 cm³/mol. The first kappa shape index (κ1) is 138. The van der Waals surface area contributed by atoms with Crippen molar-refractivity contribution in [1.82, 2.24) is 56.4 Å². The van der Waals surface area contributed by atoms with E-state index in [9.17, 15) is 26.3 Å². The molecule has 702 valence electrons. The zero-order valence-electron chi connectivity index (χ0n) is 80.6. The number of aryl methyl sites for hydroxylation is 2. The Hall–Kier alpha value is -9.06. The Morgan fingerprint density at radius 2 is 0.802 bits per heavy atom. The second-order valence-electron chi connectivity index (χ2n) is 19.6. The number of pyridine rings is 1. The number of alkyl halides is 6. The van der Waals surface area contributed by atoms with E-state index < -0.39 is 18.5 Å². The second kappa shape index (κ2) is 132. The van der Waals surface area contributed by atoms with E-state index in [0.29, 0.717) is 12.5 Å². The number of hydrogen-bond acceptors (Lipinski definition) is 16. The Bertz CT molecular complexity index is 2540. The fourth-order valence-electron chi connectivity index (χ4n) is 7.71. The average molecular weight is 1740 g/mol. The first-order valence-corrected chi connectivity index (χ1v) is 46.1. The lowest BCUT2D eigenvalue weighted by Gasteiger charge is -2.26. The molecule has 6 N–H and O–H groups in total. The van der Waals surface area contributed by atoms with Crippen LogP contribution in [0.4, 0.5) is 26.3 Å². The number of hydrogen-bond donors (Lipinski definition) is 6. The highest BCUT2D eigenvalue weighted by Gasteiger charge is 2.63. The van der Waals surface area contributed by atoms with E-state index in [0.717, 1.165) is 58.3 Å². The SMILES string of the molecule is C1=CNCC1.C1=CNCCC1.C1=COCCC1.C1=COCCN1.C1=CSCCN1.C1=Cc2ccccc2C1.C1CCCCC1.CC.CC.CC.CC.CC.CC.CC.CC.CC.CC.CC.CC.CC.CC.FC1(F)OC=CO1.FC1(F)OC=COC1(F)F.c1cc2c([nH]1)CCCC2.c1ccccc1.c1ccncc1.c1cnccn1.c1nc[nH]n1. The second-order valence-corrected chi connectivity index (χ2v) is 20.7. The molecule has 6 aromatic rings. The smallest absolute Gasteiger partial charge is 0.502 e. The Balaban J connectivity index is -0.000000104. The Morgan fingerprint density at radius 3 is 1.04 bits per heavy atom. The lowest BCUT2D eigenvalue weighted by molar-refractivity contribution is -0.417. The van der Waals surface area contributed by atoms with Crippen molar-refractivity contribution in [1.29, 1.82) is 0 Å². The maximum absolute atomic E-state index is 11.8. The van der Waals surface area contributed by atoms with Crippen molar-refractivity contribution in [2.24, 2.45) is 0 Å². The number of ether oxygens (including phenoxy) is 6. The maximum Gasteiger partial charge on any atom is 0.585 e. The number of thioether (sulfide) groups is 1. The molecule has 2 aromatic carbocycles. The first-order chi connectivity index (χ1) is 59.6. The molecule has 11 heterocycles. The molecule has 0 spiro atoms. The van der Waals surface area contributed by atoms with Crippen LogP contribution in [0.15, 0.2) is 233 Å². The summed E-state index contributed by atoms with van der Waals surface area (Å²) in [7, 11) is 0. The molecular weight excluding hydrogens is 1560 g/mol. The molecule has 0 saturated heterocycles. The van der Waals surface area contributed by atoms with Crippen molar-refractivity contribution in [2.45, 2.75) is 315 Å². The van der Waals surface area contributed by atoms with Crippen LogP contribution in [-0.2, 0) is 47.7 Å². The van der Waals surface area contributed by atoms with Gasteiger partial charge in [-0.15, -0.1) is 20.5 Å². The van der Waals surface area contributed by atoms with Gasteiger partial charge in [-0.25, -0.2) is 4.98 Å². The van der Waals surface area contributed by atoms with Gasteiger partial charge in [0.2, 0.25) is 0 Å². The van der Waals surface area contributed by atoms with E-state index in [-0.39, 0.29) is 0 Å². The predicted octanol–water partition coefficient (Wildman–Crippen LogP) is 30.2. The lowest BCUT2D eigenvalue weighted by atomic mass is 9.98. The van der Waals surface area contributed by atoms with Crippen LogP contribution in [0.2, 0.25) is 0 Å². The van der Waals surface area contributed by atoms with Crippen LogP contribution in [-0.4, -0.2) is 98.8 Å². The van der Waals surface area contributed by atoms with Crippen LogP contribution in [0.3, 0.4) is 0 Å². The summed E-state index contributed by atoms with van der Waals surface area (Å²) < 4.78 is 93.7. The Morgan fingerprint density at radius 1 is 0.355 bits per heavy atom. The van der Waals surface area contributed by atoms with Gasteiger partial charge in [-0.05, 0) is 123 Å². The summed E-state index contributed by atoms with van der Waals surface area (Å²) in [5, 5.41) is 20.3. The van der Waals surface area contributed by atoms with E-state index in [4.69, 9.17) is 9.47 Å². The van der Waals surface area contributed by atoms with Gasteiger partial charge >= 0.3 is 18.5 Å². The molecule has 24 heteroatoms. The minimum atomic E-state index is -4.57. The Labute approximate surface area is 740 Å². The Kier molecular flexibility index (Phi) is 150. The molecule has 4 aromatic heterocycles. The topological polar surface area (TPSA) is 200 Å². The zero-order valence-corrected chi connectivity index (χ0v) is 81.5. The van der Waals surface area contributed by atoms with Crippen molar-refractivity contribution in [3.8, 4) is 0 Å². The van der Waals surface area contributed by atoms with Gasteiger partial charge in [0, 0.05) is 93.4 Å². The molecule has 1 fully saturated rings. The van der Waals surface area contributed by atoms with Crippen molar-refractivity contribution in [3.05, 3.63) is 255 Å². The van der Waals surface area contributed by atoms with Crippen molar-refractivity contribution >= 4 is 17.8 Å². The molecular formula is C97H175F6N11O6S. The number of halogens is 6. The van der Waals surface area contributed by atoms with Crippen LogP contribution >= 0.6 is 11.8 Å². The van der Waals surface area contributed by atoms with Gasteiger partial charge in [0.15, 0.2) is 0 Å². The van der Waals surface area contributed by atoms with Crippen LogP contribution < -0.4 is 21.3 Å². The zero-order chi connectivity index (χ0) is 94.4. The van der Waals surface area contributed by atoms with Crippen LogP contribution in [0.5, 0.6) is 0 Å². The molecule has 0 atom stereocenters. The summed E-state index contributed by atoms with van der Waals surface area (Å²) in [4.78, 5) is 18.0. The molecule has 10 aliphatic rings. The fraction of sp³-hybridized carbons (Fsp3) is 0.557. The fourth-order valence-corrected chi connectivity index (χ4v) is 8.27. The third-order valence-corrected chi connectivity index (χ3v) is 13.1. The minimum Gasteiger partial charge on any atom is -0.502 e. The molecule has 0 unspecified atom stereocenters. The maximum atomic E-state index is 11.8. The van der Waals surface area contributed by atoms with Gasteiger partial charge in [-0.3, -0.25) is 20.1 Å². The van der Waals surface area contributed by atoms with Crippen LogP contribution in [0.25, 0.3) is 6.08 Å². The van der Waals surface area contributed by atoms with Crippen molar-refractivity contribution < 1.29 is 54.8 Å². The number of fused-ring (bicyclic) bond motifs is 2. The highest BCUT2D eigenvalue weighted by molar-refractivity contribution is 8.02. The largest absolute Gasteiger partial charge is 0.585 e. The minimum absolute atomic E-state index is 0.359. The normalized spacial score (nSPS) is 14.0. The van der Waals surface area contributed by atoms with Gasteiger partial charge in [0.05, 0.1) is 19.1 Å². The summed E-state index contributed by atoms with van der Waals surface area (Å²) >= 11 is 1.85. The van der Waals surface area contributed by atoms with Crippen LogP contribution in [0, 0.1) is 0 Å². The number of benzene rings is 2. The molecule has 7 aliphatic heterocycles. The monoisotopic (exact) mass is 1740 g/mol. The number of aromatic amines is 2. The van der Waals surface area contributed by atoms with Gasteiger partial charge in [0.1, 0.15) is 44.3 Å². The van der Waals surface area contributed by atoms with E-state index >= 15 is 0 Å². The molecule has 16 rings (SSSR count).